The number of aliphatic hydroxyl groups excluding tert-OH is 2. The number of nitrogens with zero attached hydrogens (tertiary/aromatic N) is 3. The maximum Gasteiger partial charge on any atom is 0.410 e. The number of carbonyl (C=O) groups is 3. The smallest absolute Gasteiger partial charge is 0.410 e. The molecule has 52 heavy (non-hydrogen) atoms. The van der Waals surface area contributed by atoms with E-state index in [2.05, 4.69) is 25.6 Å². The number of piperidine rings is 1. The number of aromatic amines is 1. The van der Waals surface area contributed by atoms with Gasteiger partial charge in [-0.2, -0.15) is 0 Å². The number of pyridine rings is 1. The molecule has 2 aromatic heterocycles. The molecule has 13 nitrogen and oxygen atoms in total. The summed E-state index contributed by atoms with van der Waals surface area (Å²) in [6, 6.07) is 13.0. The Morgan fingerprint density at radius 3 is 2.35 bits per heavy atom. The summed E-state index contributed by atoms with van der Waals surface area (Å²) in [6.07, 6.45) is 8.82. The highest BCUT2D eigenvalue weighted by Crippen LogP contribution is 2.29. The molecule has 2 fully saturated rings. The van der Waals surface area contributed by atoms with Gasteiger partial charge in [-0.25, -0.2) is 9.78 Å². The summed E-state index contributed by atoms with van der Waals surface area (Å²) in [5.41, 5.74) is 8.04. The summed E-state index contributed by atoms with van der Waals surface area (Å²) < 4.78 is 5.87. The summed E-state index contributed by atoms with van der Waals surface area (Å²) >= 11 is 0. The first-order chi connectivity index (χ1) is 25.3. The molecule has 282 valence electrons. The number of benzene rings is 1. The van der Waals surface area contributed by atoms with Crippen molar-refractivity contribution in [2.45, 2.75) is 107 Å². The number of likely N-dealkylation sites (tertiary alicyclic amines) is 1. The zero-order valence-electron chi connectivity index (χ0n) is 29.9. The fourth-order valence-electron chi connectivity index (χ4n) is 7.28. The van der Waals surface area contributed by atoms with Crippen molar-refractivity contribution >= 4 is 17.9 Å². The second-order valence-corrected chi connectivity index (χ2v) is 14.3. The predicted octanol–water partition coefficient (Wildman–Crippen LogP) is 3.06. The van der Waals surface area contributed by atoms with Crippen LogP contribution in [0.3, 0.4) is 0 Å². The van der Waals surface area contributed by atoms with Crippen molar-refractivity contribution in [2.75, 3.05) is 19.6 Å². The highest BCUT2D eigenvalue weighted by atomic mass is 16.6. The number of aryl methyl sites for hydroxylation is 1. The van der Waals surface area contributed by atoms with Gasteiger partial charge in [-0.15, -0.1) is 0 Å². The molecule has 1 aliphatic heterocycles. The molecule has 5 rings (SSSR count). The molecule has 13 heteroatoms. The van der Waals surface area contributed by atoms with Gasteiger partial charge in [-0.3, -0.25) is 14.6 Å². The monoisotopic (exact) mass is 717 g/mol. The highest BCUT2D eigenvalue weighted by Gasteiger charge is 2.35. The van der Waals surface area contributed by atoms with Crippen molar-refractivity contribution in [1.82, 2.24) is 30.5 Å². The van der Waals surface area contributed by atoms with Crippen LogP contribution in [0.5, 0.6) is 0 Å². The second kappa shape index (κ2) is 20.1. The molecule has 1 aromatic carbocycles. The summed E-state index contributed by atoms with van der Waals surface area (Å²) in [5.74, 6) is -0.513. The molecule has 0 radical (unpaired) electrons. The van der Waals surface area contributed by atoms with Gasteiger partial charge in [0, 0.05) is 49.7 Å². The molecular weight excluding hydrogens is 662 g/mol. The van der Waals surface area contributed by atoms with Crippen LogP contribution < -0.4 is 16.4 Å². The van der Waals surface area contributed by atoms with Crippen LogP contribution in [0.25, 0.3) is 0 Å². The van der Waals surface area contributed by atoms with E-state index in [-0.39, 0.29) is 25.2 Å². The number of H-pyrrole nitrogens is 1. The Balaban J connectivity index is 1.32. The summed E-state index contributed by atoms with van der Waals surface area (Å²) in [6.45, 7) is 1.54. The van der Waals surface area contributed by atoms with Gasteiger partial charge in [0.2, 0.25) is 5.91 Å². The largest absolute Gasteiger partial charge is 0.436 e. The number of imidazole rings is 1. The van der Waals surface area contributed by atoms with Gasteiger partial charge in [0.1, 0.15) is 12.1 Å². The molecule has 3 amide bonds. The molecule has 1 saturated carbocycles. The van der Waals surface area contributed by atoms with E-state index in [0.29, 0.717) is 44.1 Å². The SMILES string of the molecule is NCC1CCN(C(=O)O[C@@H](Cc2ccccc2)C(=O)N[C@@H](Cc2cnc[nH]2)C(=O)N[C@@H](CC2CCCCC2)[C@@H](O)[C@@H](O)CCc2ccccn2)CC1. The van der Waals surface area contributed by atoms with E-state index in [1.807, 2.05) is 48.5 Å². The third-order valence-corrected chi connectivity index (χ3v) is 10.5. The average molecular weight is 718 g/mol. The quantitative estimate of drug-likeness (QED) is 0.122. The molecular formula is C39H55N7O6. The standard InChI is InChI=1S/C39H55N7O6/c40-24-29-16-19-46(20-17-29)39(51)52-35(22-28-11-5-2-6-12-28)38(50)45-33(23-31-25-41-26-43-31)37(49)44-32(21-27-9-3-1-4-10-27)36(48)34(47)15-14-30-13-7-8-18-42-30/h2,5-8,11-13,18,25-27,29,32-36,47-48H,1,3-4,9-10,14-17,19-24,40H2,(H,41,43)(H,44,49)(H,45,50)/t32-,33-,34-,35-,36+/m0/s1. The van der Waals surface area contributed by atoms with Crippen LogP contribution in [-0.4, -0.2) is 98.0 Å². The van der Waals surface area contributed by atoms with Gasteiger partial charge in [0.05, 0.1) is 18.5 Å². The minimum atomic E-state index is -1.24. The Kier molecular flexibility index (Phi) is 15.0. The number of aliphatic hydroxyl groups is 2. The summed E-state index contributed by atoms with van der Waals surface area (Å²) in [5, 5.41) is 28.5. The van der Waals surface area contributed by atoms with Gasteiger partial charge in [-0.1, -0.05) is 68.5 Å². The molecule has 1 saturated heterocycles. The zero-order chi connectivity index (χ0) is 36.7. The van der Waals surface area contributed by atoms with Crippen molar-refractivity contribution < 1.29 is 29.3 Å². The van der Waals surface area contributed by atoms with Crippen LogP contribution in [-0.2, 0) is 33.6 Å². The molecule has 7 N–H and O–H groups in total. The Morgan fingerprint density at radius 1 is 0.923 bits per heavy atom. The van der Waals surface area contributed by atoms with E-state index in [1.54, 1.807) is 17.3 Å². The number of ether oxygens (including phenoxy) is 1. The van der Waals surface area contributed by atoms with E-state index < -0.39 is 48.3 Å². The lowest BCUT2D eigenvalue weighted by atomic mass is 9.82. The minimum absolute atomic E-state index is 0.0741. The summed E-state index contributed by atoms with van der Waals surface area (Å²) in [4.78, 5) is 54.6. The Bertz CT molecular complexity index is 1500. The maximum atomic E-state index is 14.2. The van der Waals surface area contributed by atoms with Gasteiger partial charge >= 0.3 is 6.09 Å². The molecule has 2 aliphatic rings. The second-order valence-electron chi connectivity index (χ2n) is 14.3. The number of hydrogen-bond acceptors (Lipinski definition) is 9. The fraction of sp³-hybridized carbons (Fsp3) is 0.564. The van der Waals surface area contributed by atoms with Gasteiger partial charge < -0.3 is 41.2 Å². The van der Waals surface area contributed by atoms with Crippen LogP contribution in [0.1, 0.15) is 74.7 Å². The minimum Gasteiger partial charge on any atom is -0.436 e. The molecule has 0 spiro atoms. The topological polar surface area (TPSA) is 196 Å². The first-order valence-corrected chi connectivity index (χ1v) is 18.8. The van der Waals surface area contributed by atoms with Gasteiger partial charge in [-0.05, 0) is 68.2 Å². The first-order valence-electron chi connectivity index (χ1n) is 18.8. The lowest BCUT2D eigenvalue weighted by molar-refractivity contribution is -0.135. The number of hydrogen-bond donors (Lipinski definition) is 6. The Morgan fingerprint density at radius 2 is 1.67 bits per heavy atom. The van der Waals surface area contributed by atoms with Crippen molar-refractivity contribution in [3.05, 3.63) is 84.2 Å². The van der Waals surface area contributed by atoms with Crippen LogP contribution in [0, 0.1) is 11.8 Å². The first kappa shape index (κ1) is 38.9. The van der Waals surface area contributed by atoms with Crippen LogP contribution in [0.15, 0.2) is 67.3 Å². The lowest BCUT2D eigenvalue weighted by Gasteiger charge is -2.33. The molecule has 3 heterocycles. The fourth-order valence-corrected chi connectivity index (χ4v) is 7.28. The van der Waals surface area contributed by atoms with E-state index in [4.69, 9.17) is 10.5 Å². The van der Waals surface area contributed by atoms with E-state index in [9.17, 15) is 24.6 Å². The van der Waals surface area contributed by atoms with E-state index in [1.165, 1.54) is 6.33 Å². The number of aromatic nitrogens is 3. The van der Waals surface area contributed by atoms with Crippen molar-refractivity contribution in [2.24, 2.45) is 17.6 Å². The molecule has 5 atom stereocenters. The average Bonchev–Trinajstić information content (AvgIpc) is 3.70. The van der Waals surface area contributed by atoms with Crippen LogP contribution >= 0.6 is 0 Å². The van der Waals surface area contributed by atoms with Crippen molar-refractivity contribution in [3.63, 3.8) is 0 Å². The number of amides is 3. The Hall–Kier alpha value is -4.33. The molecule has 0 unspecified atom stereocenters. The van der Waals surface area contributed by atoms with Crippen LogP contribution in [0.4, 0.5) is 4.79 Å². The number of rotatable bonds is 17. The molecule has 3 aromatic rings. The van der Waals surface area contributed by atoms with Crippen molar-refractivity contribution in [3.8, 4) is 0 Å². The predicted molar refractivity (Wildman–Crippen MR) is 196 cm³/mol. The zero-order valence-corrected chi connectivity index (χ0v) is 29.9. The van der Waals surface area contributed by atoms with Gasteiger partial charge in [0.25, 0.3) is 5.91 Å². The molecule has 0 bridgehead atoms. The normalized spacial score (nSPS) is 18.5. The number of nitrogens with two attached hydrogens (primary N) is 1. The van der Waals surface area contributed by atoms with Crippen molar-refractivity contribution in [1.29, 1.82) is 0 Å². The van der Waals surface area contributed by atoms with Crippen LogP contribution in [0.2, 0.25) is 0 Å². The van der Waals surface area contributed by atoms with Gasteiger partial charge in [0.15, 0.2) is 6.10 Å². The highest BCUT2D eigenvalue weighted by molar-refractivity contribution is 5.90. The number of carbonyl (C=O) groups excluding carboxylic acids is 3. The van der Waals surface area contributed by atoms with E-state index >= 15 is 0 Å². The molecule has 1 aliphatic carbocycles. The lowest BCUT2D eigenvalue weighted by Crippen LogP contribution is -2.57. The Labute approximate surface area is 306 Å². The van der Waals surface area contributed by atoms with E-state index in [0.717, 1.165) is 56.2 Å². The maximum absolute atomic E-state index is 14.2. The third-order valence-electron chi connectivity index (χ3n) is 10.5. The number of nitrogens with one attached hydrogen (secondary N) is 3. The third kappa shape index (κ3) is 11.9. The summed E-state index contributed by atoms with van der Waals surface area (Å²) in [7, 11) is 0.